The van der Waals surface area contributed by atoms with E-state index in [0.29, 0.717) is 5.56 Å². The maximum Gasteiger partial charge on any atom is 0.234 e. The second kappa shape index (κ2) is 3.27. The molecule has 2 aromatic rings. The number of rotatable bonds is 2. The number of aromatic amines is 1. The van der Waals surface area contributed by atoms with Gasteiger partial charge in [0.2, 0.25) is 6.29 Å². The minimum absolute atomic E-state index is 0.588. The average Bonchev–Trinajstić information content (AvgIpc) is 2.70. The Morgan fingerprint density at radius 1 is 1.08 bits per heavy atom. The van der Waals surface area contributed by atoms with Crippen LogP contribution < -0.4 is 0 Å². The number of H-pyrrole nitrogens is 1. The first-order valence-corrected chi connectivity index (χ1v) is 4.03. The summed E-state index contributed by atoms with van der Waals surface area (Å²) in [5.41, 5.74) is 2.42. The van der Waals surface area contributed by atoms with Crippen LogP contribution in [0.5, 0.6) is 0 Å². The molecule has 0 unspecified atom stereocenters. The summed E-state index contributed by atoms with van der Waals surface area (Å²) in [7, 11) is 0. The maximum atomic E-state index is 10.6. The molecule has 0 amide bonds. The lowest BCUT2D eigenvalue weighted by Crippen LogP contribution is -1.86. The largest absolute Gasteiger partial charge is 0.361 e. The molecule has 2 nitrogen and oxygen atoms in total. The maximum absolute atomic E-state index is 10.6. The molecule has 0 fully saturated rings. The van der Waals surface area contributed by atoms with Crippen LogP contribution in [0.15, 0.2) is 42.6 Å². The number of hydrogen-bond acceptors (Lipinski definition) is 1. The van der Waals surface area contributed by atoms with Gasteiger partial charge in [0.05, 0.1) is 0 Å². The third-order valence-electron chi connectivity index (χ3n) is 1.93. The molecule has 0 aliphatic rings. The lowest BCUT2D eigenvalue weighted by atomic mass is 10.1. The predicted octanol–water partition coefficient (Wildman–Crippen LogP) is 2.14. The molecular formula is C11H8NO. The zero-order valence-corrected chi connectivity index (χ0v) is 6.95. The predicted molar refractivity (Wildman–Crippen MR) is 51.0 cm³/mol. The lowest BCUT2D eigenvalue weighted by molar-refractivity contribution is 0.563. The van der Waals surface area contributed by atoms with Gasteiger partial charge in [-0.2, -0.15) is 0 Å². The molecule has 0 bridgehead atoms. The standard InChI is InChI=1S/C11H8NO/c13-8-9-4-1-2-5-10(9)11-6-3-7-12-11/h1-7,12H. The summed E-state index contributed by atoms with van der Waals surface area (Å²) in [5, 5.41) is 0. The van der Waals surface area contributed by atoms with E-state index in [4.69, 9.17) is 0 Å². The van der Waals surface area contributed by atoms with Crippen LogP contribution in [0.1, 0.15) is 5.56 Å². The second-order valence-corrected chi connectivity index (χ2v) is 2.73. The van der Waals surface area contributed by atoms with Gasteiger partial charge in [-0.1, -0.05) is 24.3 Å². The molecule has 0 saturated carbocycles. The topological polar surface area (TPSA) is 32.9 Å². The number of carbonyl (C=O) groups excluding carboxylic acids is 1. The Morgan fingerprint density at radius 2 is 1.92 bits per heavy atom. The van der Waals surface area contributed by atoms with Crippen molar-refractivity contribution in [3.63, 3.8) is 0 Å². The van der Waals surface area contributed by atoms with Crippen molar-refractivity contribution in [2.45, 2.75) is 0 Å². The van der Waals surface area contributed by atoms with Crippen molar-refractivity contribution in [1.29, 1.82) is 0 Å². The van der Waals surface area contributed by atoms with Crippen molar-refractivity contribution in [2.24, 2.45) is 0 Å². The van der Waals surface area contributed by atoms with Crippen LogP contribution in [-0.2, 0) is 4.79 Å². The Morgan fingerprint density at radius 3 is 2.62 bits per heavy atom. The number of benzene rings is 1. The zero-order chi connectivity index (χ0) is 9.10. The number of hydrogen-bond donors (Lipinski definition) is 1. The van der Waals surface area contributed by atoms with Gasteiger partial charge in [0, 0.05) is 23.0 Å². The highest BCUT2D eigenvalue weighted by Crippen LogP contribution is 2.19. The molecule has 1 aromatic carbocycles. The summed E-state index contributed by atoms with van der Waals surface area (Å²) >= 11 is 0. The van der Waals surface area contributed by atoms with Gasteiger partial charge in [-0.3, -0.25) is 4.79 Å². The fraction of sp³-hybridized carbons (Fsp3) is 0. The van der Waals surface area contributed by atoms with Crippen molar-refractivity contribution in [3.8, 4) is 11.3 Å². The molecule has 0 aliphatic heterocycles. The van der Waals surface area contributed by atoms with Crippen LogP contribution in [0.4, 0.5) is 0 Å². The fourth-order valence-electron chi connectivity index (χ4n) is 1.30. The summed E-state index contributed by atoms with van der Waals surface area (Å²) in [6, 6.07) is 11.2. The molecule has 1 N–H and O–H groups in total. The van der Waals surface area contributed by atoms with E-state index in [9.17, 15) is 4.79 Å². The van der Waals surface area contributed by atoms with Crippen LogP contribution in [0.25, 0.3) is 11.3 Å². The van der Waals surface area contributed by atoms with E-state index in [1.165, 1.54) is 0 Å². The van der Waals surface area contributed by atoms with Gasteiger partial charge in [0.1, 0.15) is 0 Å². The summed E-state index contributed by atoms with van der Waals surface area (Å²) in [6.45, 7) is 0. The van der Waals surface area contributed by atoms with Gasteiger partial charge >= 0.3 is 0 Å². The monoisotopic (exact) mass is 170 g/mol. The van der Waals surface area contributed by atoms with Crippen molar-refractivity contribution < 1.29 is 4.79 Å². The van der Waals surface area contributed by atoms with Crippen LogP contribution in [0.2, 0.25) is 0 Å². The molecule has 13 heavy (non-hydrogen) atoms. The van der Waals surface area contributed by atoms with Crippen LogP contribution >= 0.6 is 0 Å². The highest BCUT2D eigenvalue weighted by atomic mass is 16.1. The zero-order valence-electron chi connectivity index (χ0n) is 6.95. The van der Waals surface area contributed by atoms with Gasteiger partial charge in [-0.15, -0.1) is 0 Å². The van der Waals surface area contributed by atoms with Gasteiger partial charge in [-0.25, -0.2) is 0 Å². The van der Waals surface area contributed by atoms with E-state index in [0.717, 1.165) is 11.3 Å². The Balaban J connectivity index is 2.57. The summed E-state index contributed by atoms with van der Waals surface area (Å²) in [5.74, 6) is 0. The highest BCUT2D eigenvalue weighted by Gasteiger charge is 2.03. The molecule has 0 saturated heterocycles. The molecular weight excluding hydrogens is 162 g/mol. The summed E-state index contributed by atoms with van der Waals surface area (Å²) in [6.07, 6.45) is 3.74. The first kappa shape index (κ1) is 7.80. The van der Waals surface area contributed by atoms with Gasteiger partial charge in [0.15, 0.2) is 0 Å². The van der Waals surface area contributed by atoms with Crippen molar-refractivity contribution >= 4 is 6.29 Å². The Kier molecular flexibility index (Phi) is 1.96. The summed E-state index contributed by atoms with van der Waals surface area (Å²) in [4.78, 5) is 13.6. The van der Waals surface area contributed by atoms with Gasteiger partial charge in [0.25, 0.3) is 0 Å². The average molecular weight is 170 g/mol. The van der Waals surface area contributed by atoms with Crippen LogP contribution in [0, 0.1) is 0 Å². The highest BCUT2D eigenvalue weighted by molar-refractivity contribution is 5.86. The van der Waals surface area contributed by atoms with E-state index < -0.39 is 0 Å². The molecule has 0 spiro atoms. The summed E-state index contributed by atoms with van der Waals surface area (Å²) < 4.78 is 0. The van der Waals surface area contributed by atoms with E-state index in [1.807, 2.05) is 42.8 Å². The van der Waals surface area contributed by atoms with E-state index >= 15 is 0 Å². The van der Waals surface area contributed by atoms with E-state index in [-0.39, 0.29) is 0 Å². The van der Waals surface area contributed by atoms with E-state index in [2.05, 4.69) is 4.98 Å². The number of nitrogens with one attached hydrogen (secondary N) is 1. The van der Waals surface area contributed by atoms with Crippen molar-refractivity contribution in [1.82, 2.24) is 4.98 Å². The fourth-order valence-corrected chi connectivity index (χ4v) is 1.30. The minimum atomic E-state index is 0.588. The molecule has 1 radical (unpaired) electrons. The van der Waals surface area contributed by atoms with Gasteiger partial charge in [-0.05, 0) is 12.1 Å². The number of aromatic nitrogens is 1. The van der Waals surface area contributed by atoms with Crippen LogP contribution in [-0.4, -0.2) is 11.3 Å². The Bertz CT molecular complexity index is 404. The second-order valence-electron chi connectivity index (χ2n) is 2.73. The normalized spacial score (nSPS) is 9.85. The van der Waals surface area contributed by atoms with E-state index in [1.54, 1.807) is 6.07 Å². The minimum Gasteiger partial charge on any atom is -0.361 e. The van der Waals surface area contributed by atoms with Gasteiger partial charge < -0.3 is 4.98 Å². The first-order chi connectivity index (χ1) is 6.42. The lowest BCUT2D eigenvalue weighted by Gasteiger charge is -1.99. The molecule has 2 heteroatoms. The molecule has 0 atom stereocenters. The smallest absolute Gasteiger partial charge is 0.234 e. The third-order valence-corrected chi connectivity index (χ3v) is 1.93. The molecule has 1 heterocycles. The quantitative estimate of drug-likeness (QED) is 0.735. The SMILES string of the molecule is O=[C]c1ccccc1-c1ccc[nH]1. The molecule has 63 valence electrons. The third kappa shape index (κ3) is 1.38. The Hall–Kier alpha value is -1.83. The molecule has 1 aromatic heterocycles. The van der Waals surface area contributed by atoms with Crippen LogP contribution in [0.3, 0.4) is 0 Å². The molecule has 2 rings (SSSR count). The van der Waals surface area contributed by atoms with Crippen molar-refractivity contribution in [3.05, 3.63) is 48.2 Å². The molecule has 0 aliphatic carbocycles. The Labute approximate surface area is 76.2 Å². The van der Waals surface area contributed by atoms with Crippen molar-refractivity contribution in [2.75, 3.05) is 0 Å². The first-order valence-electron chi connectivity index (χ1n) is 4.03.